The maximum Gasteiger partial charge on any atom is 0.159 e. The highest BCUT2D eigenvalue weighted by molar-refractivity contribution is 9.10. The molecule has 0 aliphatic rings. The highest BCUT2D eigenvalue weighted by Crippen LogP contribution is 2.19. The number of benzene rings is 1. The molecule has 1 N–H and O–H groups in total. The summed E-state index contributed by atoms with van der Waals surface area (Å²) in [5, 5.41) is 3.14. The van der Waals surface area contributed by atoms with Crippen molar-refractivity contribution in [1.82, 2.24) is 15.3 Å². The monoisotopic (exact) mass is 305 g/mol. The van der Waals surface area contributed by atoms with Crippen molar-refractivity contribution in [2.45, 2.75) is 19.9 Å². The Morgan fingerprint density at radius 1 is 1.22 bits per heavy atom. The third-order valence-corrected chi connectivity index (χ3v) is 3.29. The Bertz CT molecular complexity index is 523. The van der Waals surface area contributed by atoms with Gasteiger partial charge in [0.2, 0.25) is 0 Å². The second-order valence-corrected chi connectivity index (χ2v) is 4.97. The third-order valence-electron chi connectivity index (χ3n) is 2.76. The molecule has 0 saturated heterocycles. The molecule has 2 aromatic rings. The first-order chi connectivity index (χ1) is 8.74. The fourth-order valence-corrected chi connectivity index (χ4v) is 2.09. The minimum absolute atomic E-state index is 0.791. The molecule has 4 heteroatoms. The van der Waals surface area contributed by atoms with Crippen molar-refractivity contribution < 1.29 is 0 Å². The van der Waals surface area contributed by atoms with Crippen LogP contribution in [0.1, 0.15) is 18.2 Å². The Kier molecular flexibility index (Phi) is 4.44. The van der Waals surface area contributed by atoms with E-state index in [1.807, 2.05) is 37.5 Å². The number of nitrogens with one attached hydrogen (secondary N) is 1. The van der Waals surface area contributed by atoms with Crippen LogP contribution in [-0.4, -0.2) is 17.0 Å². The largest absolute Gasteiger partial charge is 0.316 e. The van der Waals surface area contributed by atoms with Gasteiger partial charge in [0.15, 0.2) is 5.82 Å². The first-order valence-corrected chi connectivity index (χ1v) is 6.79. The van der Waals surface area contributed by atoms with Crippen LogP contribution in [0, 0.1) is 0 Å². The Morgan fingerprint density at radius 3 is 2.56 bits per heavy atom. The minimum atomic E-state index is 0.791. The van der Waals surface area contributed by atoms with Gasteiger partial charge >= 0.3 is 0 Å². The van der Waals surface area contributed by atoms with Crippen LogP contribution in [0.5, 0.6) is 0 Å². The number of hydrogen-bond donors (Lipinski definition) is 1. The van der Waals surface area contributed by atoms with Crippen LogP contribution in [0.3, 0.4) is 0 Å². The molecule has 0 spiro atoms. The van der Waals surface area contributed by atoms with Gasteiger partial charge in [0.05, 0.1) is 0 Å². The number of hydrogen-bond acceptors (Lipinski definition) is 3. The van der Waals surface area contributed by atoms with Crippen LogP contribution in [-0.2, 0) is 13.0 Å². The maximum absolute atomic E-state index is 4.64. The van der Waals surface area contributed by atoms with E-state index in [-0.39, 0.29) is 0 Å². The van der Waals surface area contributed by atoms with Crippen LogP contribution in [0.4, 0.5) is 0 Å². The van der Waals surface area contributed by atoms with Gasteiger partial charge < -0.3 is 5.32 Å². The summed E-state index contributed by atoms with van der Waals surface area (Å²) in [6.45, 7) is 2.93. The Labute approximate surface area is 116 Å². The Balaban J connectivity index is 2.37. The standard InChI is InChI=1S/C14H16BrN3/c1-3-13-11(8-16-2)9-17-14(18-13)10-4-6-12(15)7-5-10/h4-7,9,16H,3,8H2,1-2H3. The van der Waals surface area contributed by atoms with Crippen molar-refractivity contribution in [2.24, 2.45) is 0 Å². The van der Waals surface area contributed by atoms with Gasteiger partial charge in [-0.05, 0) is 25.6 Å². The van der Waals surface area contributed by atoms with E-state index in [4.69, 9.17) is 0 Å². The number of nitrogens with zero attached hydrogens (tertiary/aromatic N) is 2. The quantitative estimate of drug-likeness (QED) is 0.942. The van der Waals surface area contributed by atoms with Crippen molar-refractivity contribution in [3.8, 4) is 11.4 Å². The molecule has 3 nitrogen and oxygen atoms in total. The summed E-state index contributed by atoms with van der Waals surface area (Å²) in [6.07, 6.45) is 2.84. The predicted molar refractivity (Wildman–Crippen MR) is 77.3 cm³/mol. The molecular formula is C14H16BrN3. The number of aromatic nitrogens is 2. The smallest absolute Gasteiger partial charge is 0.159 e. The summed E-state index contributed by atoms with van der Waals surface area (Å²) >= 11 is 3.43. The van der Waals surface area contributed by atoms with E-state index in [1.165, 1.54) is 5.56 Å². The average molecular weight is 306 g/mol. The summed E-state index contributed by atoms with van der Waals surface area (Å²) in [7, 11) is 1.93. The van der Waals surface area contributed by atoms with Gasteiger partial charge in [0, 0.05) is 34.0 Å². The maximum atomic E-state index is 4.64. The molecule has 0 aliphatic heterocycles. The molecule has 2 rings (SSSR count). The second-order valence-electron chi connectivity index (χ2n) is 4.06. The molecule has 1 aromatic carbocycles. The SMILES string of the molecule is CCc1nc(-c2ccc(Br)cc2)ncc1CNC. The van der Waals surface area contributed by atoms with E-state index in [1.54, 1.807) is 0 Å². The van der Waals surface area contributed by atoms with Gasteiger partial charge in [-0.1, -0.05) is 35.0 Å². The van der Waals surface area contributed by atoms with Crippen molar-refractivity contribution in [3.05, 3.63) is 46.2 Å². The molecule has 0 radical (unpaired) electrons. The van der Waals surface area contributed by atoms with Gasteiger partial charge in [-0.15, -0.1) is 0 Å². The number of rotatable bonds is 4. The van der Waals surface area contributed by atoms with Gasteiger partial charge in [-0.2, -0.15) is 0 Å². The molecule has 94 valence electrons. The van der Waals surface area contributed by atoms with E-state index in [0.717, 1.165) is 34.5 Å². The first-order valence-electron chi connectivity index (χ1n) is 6.00. The van der Waals surface area contributed by atoms with E-state index < -0.39 is 0 Å². The molecule has 0 aliphatic carbocycles. The summed E-state index contributed by atoms with van der Waals surface area (Å²) in [4.78, 5) is 9.08. The molecule has 0 saturated carbocycles. The second kappa shape index (κ2) is 6.07. The van der Waals surface area contributed by atoms with Gasteiger partial charge in [0.1, 0.15) is 0 Å². The minimum Gasteiger partial charge on any atom is -0.316 e. The summed E-state index contributed by atoms with van der Waals surface area (Å²) in [5.74, 6) is 0.791. The molecule has 0 bridgehead atoms. The van der Waals surface area contributed by atoms with Crippen molar-refractivity contribution in [3.63, 3.8) is 0 Å². The van der Waals surface area contributed by atoms with Crippen LogP contribution < -0.4 is 5.32 Å². The highest BCUT2D eigenvalue weighted by Gasteiger charge is 2.06. The van der Waals surface area contributed by atoms with E-state index in [9.17, 15) is 0 Å². The molecule has 0 unspecified atom stereocenters. The third kappa shape index (κ3) is 2.94. The molecular weight excluding hydrogens is 290 g/mol. The van der Waals surface area contributed by atoms with Crippen molar-refractivity contribution in [2.75, 3.05) is 7.05 Å². The molecule has 0 amide bonds. The average Bonchev–Trinajstić information content (AvgIpc) is 2.40. The summed E-state index contributed by atoms with van der Waals surface area (Å²) in [6, 6.07) is 8.06. The Morgan fingerprint density at radius 2 is 1.94 bits per heavy atom. The molecule has 1 aromatic heterocycles. The normalized spacial score (nSPS) is 10.6. The fourth-order valence-electron chi connectivity index (χ4n) is 1.82. The van der Waals surface area contributed by atoms with E-state index in [0.29, 0.717) is 0 Å². The van der Waals surface area contributed by atoms with Gasteiger partial charge in [-0.3, -0.25) is 0 Å². The molecule has 1 heterocycles. The van der Waals surface area contributed by atoms with Crippen molar-refractivity contribution in [1.29, 1.82) is 0 Å². The summed E-state index contributed by atoms with van der Waals surface area (Å²) in [5.41, 5.74) is 3.32. The van der Waals surface area contributed by atoms with Crippen LogP contribution in [0.2, 0.25) is 0 Å². The molecule has 0 fully saturated rings. The van der Waals surface area contributed by atoms with Crippen LogP contribution in [0.25, 0.3) is 11.4 Å². The van der Waals surface area contributed by atoms with Gasteiger partial charge in [0.25, 0.3) is 0 Å². The van der Waals surface area contributed by atoms with E-state index in [2.05, 4.69) is 38.1 Å². The number of aryl methyl sites for hydroxylation is 1. The van der Waals surface area contributed by atoms with Gasteiger partial charge in [-0.25, -0.2) is 9.97 Å². The Hall–Kier alpha value is -1.26. The first kappa shape index (κ1) is 13.2. The zero-order valence-corrected chi connectivity index (χ0v) is 12.2. The lowest BCUT2D eigenvalue weighted by molar-refractivity contribution is 0.787. The highest BCUT2D eigenvalue weighted by atomic mass is 79.9. The zero-order chi connectivity index (χ0) is 13.0. The topological polar surface area (TPSA) is 37.8 Å². The van der Waals surface area contributed by atoms with Crippen LogP contribution in [0.15, 0.2) is 34.9 Å². The van der Waals surface area contributed by atoms with Crippen molar-refractivity contribution >= 4 is 15.9 Å². The lowest BCUT2D eigenvalue weighted by Crippen LogP contribution is -2.10. The zero-order valence-electron chi connectivity index (χ0n) is 10.6. The van der Waals surface area contributed by atoms with E-state index >= 15 is 0 Å². The van der Waals surface area contributed by atoms with Crippen LogP contribution >= 0.6 is 15.9 Å². The predicted octanol–water partition coefficient (Wildman–Crippen LogP) is 3.19. The lowest BCUT2D eigenvalue weighted by atomic mass is 10.1. The molecule has 0 atom stereocenters. The molecule has 18 heavy (non-hydrogen) atoms. The lowest BCUT2D eigenvalue weighted by Gasteiger charge is -2.08. The fraction of sp³-hybridized carbons (Fsp3) is 0.286. The summed E-state index contributed by atoms with van der Waals surface area (Å²) < 4.78 is 1.06. The number of halogens is 1.